The first-order chi connectivity index (χ1) is 8.15. The van der Waals surface area contributed by atoms with Crippen molar-refractivity contribution in [3.63, 3.8) is 0 Å². The molecule has 0 fully saturated rings. The van der Waals surface area contributed by atoms with Crippen LogP contribution in [0.25, 0.3) is 0 Å². The molecule has 2 rings (SSSR count). The predicted molar refractivity (Wildman–Crippen MR) is 63.5 cm³/mol. The minimum atomic E-state index is -0.477. The fourth-order valence-corrected chi connectivity index (χ4v) is 1.68. The van der Waals surface area contributed by atoms with Crippen molar-refractivity contribution in [1.82, 2.24) is 9.78 Å². The van der Waals surface area contributed by atoms with Gasteiger partial charge in [0, 0.05) is 12.4 Å². The lowest BCUT2D eigenvalue weighted by molar-refractivity contribution is 0.0262. The molecule has 0 aliphatic carbocycles. The molecule has 0 aliphatic rings. The third-order valence-electron chi connectivity index (χ3n) is 2.09. The molecule has 1 unspecified atom stereocenters. The summed E-state index contributed by atoms with van der Waals surface area (Å²) in [7, 11) is 0. The zero-order chi connectivity index (χ0) is 12.3. The number of carbonyl (C=O) groups is 1. The van der Waals surface area contributed by atoms with Crippen LogP contribution in [0.4, 0.5) is 0 Å². The summed E-state index contributed by atoms with van der Waals surface area (Å²) < 4.78 is 12.5. The molecule has 0 aromatic carbocycles. The largest absolute Gasteiger partial charge is 0.455 e. The standard InChI is InChI=1S/C11H11BrN2O3/c1-8(7-14-6-2-5-13-14)16-11(15)9-3-4-10(12)17-9/h2-6,8H,7H2,1H3. The van der Waals surface area contributed by atoms with Crippen LogP contribution in [0.3, 0.4) is 0 Å². The predicted octanol–water partition coefficient (Wildman–Crippen LogP) is 2.48. The zero-order valence-electron chi connectivity index (χ0n) is 9.17. The maximum absolute atomic E-state index is 11.6. The molecule has 0 amide bonds. The second-order valence-corrected chi connectivity index (χ2v) is 4.33. The lowest BCUT2D eigenvalue weighted by atomic mass is 10.4. The van der Waals surface area contributed by atoms with E-state index in [1.165, 1.54) is 0 Å². The first kappa shape index (κ1) is 11.9. The van der Waals surface area contributed by atoms with Crippen LogP contribution in [0.15, 0.2) is 39.7 Å². The molecular formula is C11H11BrN2O3. The number of nitrogens with zero attached hydrogens (tertiary/aromatic N) is 2. The van der Waals surface area contributed by atoms with Crippen LogP contribution in [0.1, 0.15) is 17.5 Å². The number of esters is 1. The van der Waals surface area contributed by atoms with Gasteiger partial charge in [-0.05, 0) is 41.1 Å². The van der Waals surface area contributed by atoms with Gasteiger partial charge >= 0.3 is 5.97 Å². The Labute approximate surface area is 106 Å². The molecule has 0 saturated carbocycles. The third-order valence-corrected chi connectivity index (χ3v) is 2.51. The summed E-state index contributed by atoms with van der Waals surface area (Å²) in [6, 6.07) is 5.03. The number of furan rings is 1. The monoisotopic (exact) mass is 298 g/mol. The van der Waals surface area contributed by atoms with Crippen molar-refractivity contribution in [3.05, 3.63) is 41.0 Å². The summed E-state index contributed by atoms with van der Waals surface area (Å²) in [5.41, 5.74) is 0. The first-order valence-electron chi connectivity index (χ1n) is 5.09. The second-order valence-electron chi connectivity index (χ2n) is 3.55. The van der Waals surface area contributed by atoms with Crippen LogP contribution in [0.2, 0.25) is 0 Å². The van der Waals surface area contributed by atoms with E-state index in [1.54, 1.807) is 29.9 Å². The van der Waals surface area contributed by atoms with Gasteiger partial charge in [-0.15, -0.1) is 0 Å². The molecule has 0 bridgehead atoms. The quantitative estimate of drug-likeness (QED) is 0.814. The maximum atomic E-state index is 11.6. The minimum Gasteiger partial charge on any atom is -0.455 e. The van der Waals surface area contributed by atoms with Crippen LogP contribution in [-0.4, -0.2) is 21.9 Å². The van der Waals surface area contributed by atoms with E-state index < -0.39 is 5.97 Å². The lowest BCUT2D eigenvalue weighted by Gasteiger charge is -2.11. The molecular weight excluding hydrogens is 288 g/mol. The van der Waals surface area contributed by atoms with Crippen molar-refractivity contribution in [2.45, 2.75) is 19.6 Å². The van der Waals surface area contributed by atoms with Gasteiger partial charge in [0.05, 0.1) is 6.54 Å². The number of halogens is 1. The van der Waals surface area contributed by atoms with E-state index >= 15 is 0 Å². The molecule has 1 atom stereocenters. The number of carbonyl (C=O) groups excluding carboxylic acids is 1. The Morgan fingerprint density at radius 3 is 3.06 bits per heavy atom. The van der Waals surface area contributed by atoms with E-state index in [0.717, 1.165) is 0 Å². The fourth-order valence-electron chi connectivity index (χ4n) is 1.37. The molecule has 0 aliphatic heterocycles. The molecule has 2 heterocycles. The molecule has 5 nitrogen and oxygen atoms in total. The maximum Gasteiger partial charge on any atom is 0.374 e. The van der Waals surface area contributed by atoms with Crippen molar-refractivity contribution in [1.29, 1.82) is 0 Å². The number of hydrogen-bond acceptors (Lipinski definition) is 4. The molecule has 0 spiro atoms. The van der Waals surface area contributed by atoms with Crippen LogP contribution >= 0.6 is 15.9 Å². The van der Waals surface area contributed by atoms with E-state index in [2.05, 4.69) is 21.0 Å². The Morgan fingerprint density at radius 1 is 1.65 bits per heavy atom. The van der Waals surface area contributed by atoms with E-state index in [9.17, 15) is 4.79 Å². The molecule has 0 N–H and O–H groups in total. The van der Waals surface area contributed by atoms with E-state index in [1.807, 2.05) is 12.3 Å². The van der Waals surface area contributed by atoms with Gasteiger partial charge in [-0.1, -0.05) is 0 Å². The highest BCUT2D eigenvalue weighted by atomic mass is 79.9. The van der Waals surface area contributed by atoms with Crippen molar-refractivity contribution < 1.29 is 13.9 Å². The third kappa shape index (κ3) is 3.20. The summed E-state index contributed by atoms with van der Waals surface area (Å²) >= 11 is 3.13. The molecule has 17 heavy (non-hydrogen) atoms. The van der Waals surface area contributed by atoms with Crippen LogP contribution in [0.5, 0.6) is 0 Å². The van der Waals surface area contributed by atoms with Gasteiger partial charge in [0.2, 0.25) is 5.76 Å². The molecule has 2 aromatic heterocycles. The summed E-state index contributed by atoms with van der Waals surface area (Å²) in [4.78, 5) is 11.6. The normalized spacial score (nSPS) is 12.4. The van der Waals surface area contributed by atoms with Crippen LogP contribution in [0, 0.1) is 0 Å². The average Bonchev–Trinajstić information content (AvgIpc) is 2.89. The van der Waals surface area contributed by atoms with Crippen molar-refractivity contribution in [2.24, 2.45) is 0 Å². The highest BCUT2D eigenvalue weighted by molar-refractivity contribution is 9.10. The number of rotatable bonds is 4. The molecule has 90 valence electrons. The Morgan fingerprint density at radius 2 is 2.47 bits per heavy atom. The van der Waals surface area contributed by atoms with Crippen LogP contribution in [-0.2, 0) is 11.3 Å². The van der Waals surface area contributed by atoms with Gasteiger partial charge in [-0.25, -0.2) is 4.79 Å². The Bertz CT molecular complexity index is 493. The highest BCUT2D eigenvalue weighted by Gasteiger charge is 2.15. The Hall–Kier alpha value is -1.56. The van der Waals surface area contributed by atoms with Gasteiger partial charge < -0.3 is 9.15 Å². The zero-order valence-corrected chi connectivity index (χ0v) is 10.8. The highest BCUT2D eigenvalue weighted by Crippen LogP contribution is 2.15. The smallest absolute Gasteiger partial charge is 0.374 e. The van der Waals surface area contributed by atoms with E-state index in [0.29, 0.717) is 11.2 Å². The SMILES string of the molecule is CC(Cn1cccn1)OC(=O)c1ccc(Br)o1. The van der Waals surface area contributed by atoms with Crippen molar-refractivity contribution in [3.8, 4) is 0 Å². The minimum absolute atomic E-state index is 0.184. The van der Waals surface area contributed by atoms with Crippen LogP contribution < -0.4 is 0 Å². The first-order valence-corrected chi connectivity index (χ1v) is 5.88. The number of aromatic nitrogens is 2. The number of hydrogen-bond donors (Lipinski definition) is 0. The van der Waals surface area contributed by atoms with E-state index in [-0.39, 0.29) is 11.9 Å². The summed E-state index contributed by atoms with van der Waals surface area (Å²) in [6.07, 6.45) is 3.22. The van der Waals surface area contributed by atoms with Gasteiger partial charge in [0.15, 0.2) is 4.67 Å². The summed E-state index contributed by atoms with van der Waals surface area (Å²) in [5.74, 6) is -0.292. The molecule has 0 saturated heterocycles. The summed E-state index contributed by atoms with van der Waals surface area (Å²) in [6.45, 7) is 2.32. The molecule has 0 radical (unpaired) electrons. The molecule has 6 heteroatoms. The Kier molecular flexibility index (Phi) is 3.63. The van der Waals surface area contributed by atoms with Gasteiger partial charge in [-0.3, -0.25) is 4.68 Å². The Balaban J connectivity index is 1.90. The summed E-state index contributed by atoms with van der Waals surface area (Å²) in [5, 5.41) is 4.03. The van der Waals surface area contributed by atoms with Crippen molar-refractivity contribution >= 4 is 21.9 Å². The fraction of sp³-hybridized carbons (Fsp3) is 0.273. The van der Waals surface area contributed by atoms with Gasteiger partial charge in [0.25, 0.3) is 0 Å². The van der Waals surface area contributed by atoms with E-state index in [4.69, 9.17) is 9.15 Å². The van der Waals surface area contributed by atoms with Crippen molar-refractivity contribution in [2.75, 3.05) is 0 Å². The lowest BCUT2D eigenvalue weighted by Crippen LogP contribution is -2.20. The topological polar surface area (TPSA) is 57.3 Å². The average molecular weight is 299 g/mol. The second kappa shape index (κ2) is 5.18. The number of ether oxygens (including phenoxy) is 1. The molecule has 2 aromatic rings. The van der Waals surface area contributed by atoms with Gasteiger partial charge in [-0.2, -0.15) is 5.10 Å². The van der Waals surface area contributed by atoms with Gasteiger partial charge in [0.1, 0.15) is 6.10 Å².